The highest BCUT2D eigenvalue weighted by atomic mass is 16.1. The van der Waals surface area contributed by atoms with Crippen molar-refractivity contribution in [2.24, 2.45) is 0 Å². The summed E-state index contributed by atoms with van der Waals surface area (Å²) < 4.78 is 0. The fourth-order valence-corrected chi connectivity index (χ4v) is 1.85. The van der Waals surface area contributed by atoms with Crippen LogP contribution in [0.25, 0.3) is 0 Å². The number of carbonyl (C=O) groups excluding carboxylic acids is 1. The first kappa shape index (κ1) is 13.1. The molecule has 100 valence electrons. The molecule has 0 spiro atoms. The molecule has 0 aliphatic rings. The summed E-state index contributed by atoms with van der Waals surface area (Å²) in [5, 5.41) is 6.09. The molecule has 1 aromatic heterocycles. The van der Waals surface area contributed by atoms with E-state index in [0.717, 1.165) is 24.3 Å². The average molecular weight is 258 g/mol. The van der Waals surface area contributed by atoms with Gasteiger partial charge in [0.05, 0.1) is 11.9 Å². The molecule has 19 heavy (non-hydrogen) atoms. The number of para-hydroxylation sites is 1. The summed E-state index contributed by atoms with van der Waals surface area (Å²) in [5.74, 6) is -0.0592. The Labute approximate surface area is 112 Å². The molecule has 0 radical (unpaired) electrons. The number of rotatable bonds is 6. The van der Waals surface area contributed by atoms with Crippen LogP contribution in [0.3, 0.4) is 0 Å². The van der Waals surface area contributed by atoms with E-state index in [1.165, 1.54) is 0 Å². The van der Waals surface area contributed by atoms with Crippen molar-refractivity contribution in [2.45, 2.75) is 13.3 Å². The van der Waals surface area contributed by atoms with Crippen molar-refractivity contribution in [3.8, 4) is 0 Å². The van der Waals surface area contributed by atoms with Gasteiger partial charge in [-0.1, -0.05) is 12.1 Å². The number of hydrogen-bond donors (Lipinski definition) is 3. The molecule has 2 aromatic rings. The number of carbonyl (C=O) groups is 1. The number of imidazole rings is 1. The molecule has 5 heteroatoms. The number of H-pyrrole nitrogens is 1. The number of hydrogen-bond acceptors (Lipinski definition) is 3. The third-order valence-corrected chi connectivity index (χ3v) is 2.77. The van der Waals surface area contributed by atoms with Crippen LogP contribution in [0.1, 0.15) is 23.0 Å². The summed E-state index contributed by atoms with van der Waals surface area (Å²) in [6, 6.07) is 7.51. The van der Waals surface area contributed by atoms with Gasteiger partial charge >= 0.3 is 0 Å². The summed E-state index contributed by atoms with van der Waals surface area (Å²) in [7, 11) is 0. The molecule has 1 heterocycles. The van der Waals surface area contributed by atoms with Gasteiger partial charge in [0.25, 0.3) is 5.91 Å². The van der Waals surface area contributed by atoms with Gasteiger partial charge in [0.2, 0.25) is 0 Å². The van der Waals surface area contributed by atoms with E-state index >= 15 is 0 Å². The quantitative estimate of drug-likeness (QED) is 0.740. The highest BCUT2D eigenvalue weighted by molar-refractivity contribution is 5.99. The van der Waals surface area contributed by atoms with Crippen LogP contribution < -0.4 is 10.6 Å². The van der Waals surface area contributed by atoms with Crippen LogP contribution in [0, 0.1) is 0 Å². The number of anilines is 1. The number of aromatic amines is 1. The molecule has 0 atom stereocenters. The molecule has 0 fully saturated rings. The normalized spacial score (nSPS) is 10.2. The molecule has 0 aliphatic carbocycles. The Hall–Kier alpha value is -2.30. The molecule has 1 aromatic carbocycles. The lowest BCUT2D eigenvalue weighted by molar-refractivity contribution is 0.0955. The van der Waals surface area contributed by atoms with Crippen LogP contribution in [-0.2, 0) is 6.42 Å². The lowest BCUT2D eigenvalue weighted by Gasteiger charge is -2.10. The Morgan fingerprint density at radius 3 is 2.95 bits per heavy atom. The molecular weight excluding hydrogens is 240 g/mol. The van der Waals surface area contributed by atoms with E-state index in [4.69, 9.17) is 0 Å². The van der Waals surface area contributed by atoms with Crippen LogP contribution in [0.4, 0.5) is 5.69 Å². The monoisotopic (exact) mass is 258 g/mol. The third-order valence-electron chi connectivity index (χ3n) is 2.77. The van der Waals surface area contributed by atoms with Gasteiger partial charge in [-0.25, -0.2) is 4.98 Å². The summed E-state index contributed by atoms with van der Waals surface area (Å²) in [4.78, 5) is 19.0. The van der Waals surface area contributed by atoms with Crippen LogP contribution in [0.15, 0.2) is 36.8 Å². The second kappa shape index (κ2) is 6.58. The summed E-state index contributed by atoms with van der Waals surface area (Å²) in [6.07, 6.45) is 4.14. The number of nitrogens with one attached hydrogen (secondary N) is 3. The zero-order valence-corrected chi connectivity index (χ0v) is 10.9. The van der Waals surface area contributed by atoms with Crippen molar-refractivity contribution in [1.82, 2.24) is 15.3 Å². The predicted octanol–water partition coefficient (Wildman–Crippen LogP) is 1.81. The predicted molar refractivity (Wildman–Crippen MR) is 75.2 cm³/mol. The van der Waals surface area contributed by atoms with Crippen molar-refractivity contribution >= 4 is 11.6 Å². The van der Waals surface area contributed by atoms with E-state index < -0.39 is 0 Å². The summed E-state index contributed by atoms with van der Waals surface area (Å²) in [6.45, 7) is 3.38. The second-order valence-electron chi connectivity index (χ2n) is 4.16. The first-order chi connectivity index (χ1) is 9.31. The van der Waals surface area contributed by atoms with E-state index in [2.05, 4.69) is 20.6 Å². The van der Waals surface area contributed by atoms with E-state index in [0.29, 0.717) is 12.1 Å². The van der Waals surface area contributed by atoms with Gasteiger partial charge in [0.15, 0.2) is 0 Å². The van der Waals surface area contributed by atoms with Crippen LogP contribution in [0.2, 0.25) is 0 Å². The minimum atomic E-state index is -0.0592. The molecule has 0 saturated heterocycles. The summed E-state index contributed by atoms with van der Waals surface area (Å²) in [5.41, 5.74) is 2.55. The lowest BCUT2D eigenvalue weighted by atomic mass is 10.1. The van der Waals surface area contributed by atoms with E-state index in [1.807, 2.05) is 31.2 Å². The molecule has 3 N–H and O–H groups in total. The molecule has 2 rings (SSSR count). The highest BCUT2D eigenvalue weighted by Gasteiger charge is 2.09. The van der Waals surface area contributed by atoms with Gasteiger partial charge in [0.1, 0.15) is 0 Å². The summed E-state index contributed by atoms with van der Waals surface area (Å²) >= 11 is 0. The van der Waals surface area contributed by atoms with Gasteiger partial charge in [-0.15, -0.1) is 0 Å². The molecule has 0 unspecified atom stereocenters. The Morgan fingerprint density at radius 1 is 1.37 bits per heavy atom. The molecule has 0 saturated carbocycles. The van der Waals surface area contributed by atoms with Crippen LogP contribution >= 0.6 is 0 Å². The second-order valence-corrected chi connectivity index (χ2v) is 4.16. The van der Waals surface area contributed by atoms with Gasteiger partial charge < -0.3 is 15.6 Å². The fraction of sp³-hybridized carbons (Fsp3) is 0.286. The third kappa shape index (κ3) is 3.58. The van der Waals surface area contributed by atoms with Crippen LogP contribution in [-0.4, -0.2) is 29.0 Å². The Kier molecular flexibility index (Phi) is 4.55. The maximum atomic E-state index is 12.1. The van der Waals surface area contributed by atoms with Crippen molar-refractivity contribution in [1.29, 1.82) is 0 Å². The van der Waals surface area contributed by atoms with Crippen LogP contribution in [0.5, 0.6) is 0 Å². The number of aromatic nitrogens is 2. The van der Waals surface area contributed by atoms with Gasteiger partial charge in [-0.3, -0.25) is 4.79 Å². The first-order valence-corrected chi connectivity index (χ1v) is 6.39. The Morgan fingerprint density at radius 2 is 2.21 bits per heavy atom. The van der Waals surface area contributed by atoms with Gasteiger partial charge in [0, 0.05) is 37.1 Å². The van der Waals surface area contributed by atoms with Gasteiger partial charge in [-0.05, 0) is 19.1 Å². The number of amides is 1. The molecular formula is C14H18N4O. The molecule has 0 aliphatic heterocycles. The average Bonchev–Trinajstić information content (AvgIpc) is 2.93. The molecule has 0 bridgehead atoms. The topological polar surface area (TPSA) is 69.8 Å². The first-order valence-electron chi connectivity index (χ1n) is 6.39. The van der Waals surface area contributed by atoms with Crippen molar-refractivity contribution in [3.63, 3.8) is 0 Å². The minimum Gasteiger partial charge on any atom is -0.385 e. The fourth-order valence-electron chi connectivity index (χ4n) is 1.85. The number of nitrogens with zero attached hydrogens (tertiary/aromatic N) is 1. The smallest absolute Gasteiger partial charge is 0.253 e. The Bertz CT molecular complexity index is 522. The molecule has 1 amide bonds. The van der Waals surface area contributed by atoms with Crippen molar-refractivity contribution in [3.05, 3.63) is 48.0 Å². The lowest BCUT2D eigenvalue weighted by Crippen LogP contribution is -2.26. The molecule has 5 nitrogen and oxygen atoms in total. The maximum absolute atomic E-state index is 12.1. The van der Waals surface area contributed by atoms with Crippen molar-refractivity contribution < 1.29 is 4.79 Å². The SMILES string of the molecule is CCNc1ccccc1C(=O)NCCc1cnc[nH]1. The Balaban J connectivity index is 1.92. The van der Waals surface area contributed by atoms with E-state index in [9.17, 15) is 4.79 Å². The zero-order valence-electron chi connectivity index (χ0n) is 10.9. The highest BCUT2D eigenvalue weighted by Crippen LogP contribution is 2.14. The van der Waals surface area contributed by atoms with E-state index in [-0.39, 0.29) is 5.91 Å². The zero-order chi connectivity index (χ0) is 13.5. The van der Waals surface area contributed by atoms with E-state index in [1.54, 1.807) is 12.5 Å². The maximum Gasteiger partial charge on any atom is 0.253 e. The van der Waals surface area contributed by atoms with Crippen molar-refractivity contribution in [2.75, 3.05) is 18.4 Å². The van der Waals surface area contributed by atoms with Gasteiger partial charge in [-0.2, -0.15) is 0 Å². The standard InChI is InChI=1S/C14H18N4O/c1-2-16-13-6-4-3-5-12(13)14(19)17-8-7-11-9-15-10-18-11/h3-6,9-10,16H,2,7-8H2,1H3,(H,15,18)(H,17,19). The minimum absolute atomic E-state index is 0.0592. The number of benzene rings is 1. The largest absolute Gasteiger partial charge is 0.385 e.